The average molecular weight is 802 g/mol. The van der Waals surface area contributed by atoms with E-state index < -0.39 is 0 Å². The zero-order valence-electron chi connectivity index (χ0n) is 34.4. The highest BCUT2D eigenvalue weighted by molar-refractivity contribution is 6.25. The molecule has 0 aliphatic rings. The fourth-order valence-electron chi connectivity index (χ4n) is 10.2. The molecule has 0 radical (unpaired) electrons. The highest BCUT2D eigenvalue weighted by atomic mass is 15.1. The maximum Gasteiger partial charge on any atom is 0.0542 e. The van der Waals surface area contributed by atoms with Crippen molar-refractivity contribution in [2.45, 2.75) is 0 Å². The van der Waals surface area contributed by atoms with Crippen LogP contribution in [0.2, 0.25) is 0 Å². The number of fused-ring (bicyclic) bond motifs is 12. The van der Waals surface area contributed by atoms with Gasteiger partial charge in [-0.25, -0.2) is 0 Å². The molecule has 0 fully saturated rings. The lowest BCUT2D eigenvalue weighted by atomic mass is 9.94. The molecule has 2 aromatic heterocycles. The predicted molar refractivity (Wildman–Crippen MR) is 268 cm³/mol. The molecule has 294 valence electrons. The van der Waals surface area contributed by atoms with Crippen molar-refractivity contribution < 1.29 is 0 Å². The molecule has 0 atom stereocenters. The van der Waals surface area contributed by atoms with Crippen LogP contribution < -0.4 is 4.90 Å². The molecule has 0 saturated heterocycles. The number of rotatable bonds is 6. The van der Waals surface area contributed by atoms with Crippen molar-refractivity contribution in [2.24, 2.45) is 0 Å². The van der Waals surface area contributed by atoms with Gasteiger partial charge in [0.2, 0.25) is 0 Å². The minimum atomic E-state index is 1.11. The molecule has 0 saturated carbocycles. The maximum absolute atomic E-state index is 2.47. The Bertz CT molecular complexity index is 3770. The van der Waals surface area contributed by atoms with Gasteiger partial charge in [0, 0.05) is 50.0 Å². The van der Waals surface area contributed by atoms with Gasteiger partial charge >= 0.3 is 0 Å². The van der Waals surface area contributed by atoms with Crippen LogP contribution in [0.15, 0.2) is 237 Å². The Morgan fingerprint density at radius 1 is 0.222 bits per heavy atom. The van der Waals surface area contributed by atoms with Crippen LogP contribution in [-0.4, -0.2) is 9.13 Å². The molecule has 0 unspecified atom stereocenters. The van der Waals surface area contributed by atoms with Crippen LogP contribution >= 0.6 is 0 Å². The van der Waals surface area contributed by atoms with E-state index in [1.807, 2.05) is 0 Å². The number of hydrogen-bond donors (Lipinski definition) is 0. The van der Waals surface area contributed by atoms with E-state index in [0.717, 1.165) is 28.4 Å². The number of para-hydroxylation sites is 4. The minimum absolute atomic E-state index is 1.11. The summed E-state index contributed by atoms with van der Waals surface area (Å²) in [5.41, 5.74) is 12.8. The number of benzene rings is 11. The molecule has 63 heavy (non-hydrogen) atoms. The molecule has 0 N–H and O–H groups in total. The average Bonchev–Trinajstić information content (AvgIpc) is 3.87. The van der Waals surface area contributed by atoms with Crippen molar-refractivity contribution in [1.29, 1.82) is 0 Å². The van der Waals surface area contributed by atoms with Crippen molar-refractivity contribution in [3.8, 4) is 22.5 Å². The second-order valence-electron chi connectivity index (χ2n) is 16.5. The van der Waals surface area contributed by atoms with Crippen molar-refractivity contribution in [2.75, 3.05) is 4.90 Å². The summed E-state index contributed by atoms with van der Waals surface area (Å²) in [6.45, 7) is 0. The first kappa shape index (κ1) is 35.4. The molecule has 0 spiro atoms. The Hall–Kier alpha value is -8.40. The molecule has 3 heteroatoms. The van der Waals surface area contributed by atoms with Gasteiger partial charge in [0.05, 0.1) is 22.1 Å². The Kier molecular flexibility index (Phi) is 7.91. The Balaban J connectivity index is 1.02. The van der Waals surface area contributed by atoms with Gasteiger partial charge in [-0.3, -0.25) is 0 Å². The minimum Gasteiger partial charge on any atom is -0.311 e. The zero-order valence-corrected chi connectivity index (χ0v) is 34.4. The van der Waals surface area contributed by atoms with Crippen LogP contribution in [0.4, 0.5) is 17.1 Å². The highest BCUT2D eigenvalue weighted by Crippen LogP contribution is 2.42. The number of aromatic nitrogens is 2. The van der Waals surface area contributed by atoms with E-state index in [1.54, 1.807) is 0 Å². The monoisotopic (exact) mass is 801 g/mol. The van der Waals surface area contributed by atoms with Gasteiger partial charge in [-0.15, -0.1) is 0 Å². The standard InChI is InChI=1S/C60H39N3/c1-3-15-42(16-4-1)61(43-17-5-2-6-18-43)44-30-27-40(28-31-44)41-29-35-59-55(37-41)56-39-46(62-57-25-13-11-23-52(57)53-24-12-14-26-58(53)62)33-36-60(56)63(59)45-32-34-51-49-21-8-7-19-47(49)48-20-9-10-22-50(48)54(51)38-45/h1-39H. The van der Waals surface area contributed by atoms with Gasteiger partial charge in [0.15, 0.2) is 0 Å². The summed E-state index contributed by atoms with van der Waals surface area (Å²) < 4.78 is 4.89. The van der Waals surface area contributed by atoms with Gasteiger partial charge in [-0.2, -0.15) is 0 Å². The summed E-state index contributed by atoms with van der Waals surface area (Å²) >= 11 is 0. The molecule has 13 aromatic rings. The molecule has 0 aliphatic heterocycles. The number of anilines is 3. The van der Waals surface area contributed by atoms with Crippen LogP contribution in [-0.2, 0) is 0 Å². The largest absolute Gasteiger partial charge is 0.311 e. The van der Waals surface area contributed by atoms with E-state index in [1.165, 1.54) is 87.1 Å². The zero-order chi connectivity index (χ0) is 41.4. The number of hydrogen-bond acceptors (Lipinski definition) is 1. The lowest BCUT2D eigenvalue weighted by Gasteiger charge is -2.25. The van der Waals surface area contributed by atoms with Crippen LogP contribution in [0.3, 0.4) is 0 Å². The first-order chi connectivity index (χ1) is 31.3. The molecular weight excluding hydrogens is 763 g/mol. The second kappa shape index (κ2) is 14.1. The molecule has 0 amide bonds. The van der Waals surface area contributed by atoms with Crippen molar-refractivity contribution in [3.05, 3.63) is 237 Å². The lowest BCUT2D eigenvalue weighted by Crippen LogP contribution is -2.09. The molecule has 0 aliphatic carbocycles. The number of nitrogens with zero attached hydrogens (tertiary/aromatic N) is 3. The van der Waals surface area contributed by atoms with Crippen molar-refractivity contribution in [1.82, 2.24) is 9.13 Å². The fourth-order valence-corrected chi connectivity index (χ4v) is 10.2. The topological polar surface area (TPSA) is 13.1 Å². The van der Waals surface area contributed by atoms with E-state index in [-0.39, 0.29) is 0 Å². The van der Waals surface area contributed by atoms with Crippen molar-refractivity contribution >= 4 is 93.0 Å². The van der Waals surface area contributed by atoms with Crippen LogP contribution in [0.25, 0.3) is 98.4 Å². The van der Waals surface area contributed by atoms with E-state index in [4.69, 9.17) is 0 Å². The molecule has 3 nitrogen and oxygen atoms in total. The lowest BCUT2D eigenvalue weighted by molar-refractivity contribution is 1.17. The predicted octanol–water partition coefficient (Wildman–Crippen LogP) is 16.5. The Morgan fingerprint density at radius 2 is 0.587 bits per heavy atom. The SMILES string of the molecule is c1ccc(N(c2ccccc2)c2ccc(-c3ccc4c(c3)c3cc(-n5c6ccccc6c6ccccc65)ccc3n4-c3ccc4c5ccccc5c5ccccc5c4c3)cc2)cc1. The summed E-state index contributed by atoms with van der Waals surface area (Å²) in [6.07, 6.45) is 0. The van der Waals surface area contributed by atoms with Gasteiger partial charge in [-0.05, 0) is 134 Å². The second-order valence-corrected chi connectivity index (χ2v) is 16.5. The first-order valence-electron chi connectivity index (χ1n) is 21.7. The summed E-state index contributed by atoms with van der Waals surface area (Å²) in [7, 11) is 0. The van der Waals surface area contributed by atoms with E-state index in [2.05, 4.69) is 251 Å². The fraction of sp³-hybridized carbons (Fsp3) is 0. The Morgan fingerprint density at radius 3 is 1.14 bits per heavy atom. The molecule has 2 heterocycles. The van der Waals surface area contributed by atoms with Gasteiger partial charge in [-0.1, -0.05) is 146 Å². The maximum atomic E-state index is 2.47. The third-order valence-electron chi connectivity index (χ3n) is 13.1. The molecule has 13 rings (SSSR count). The van der Waals surface area contributed by atoms with Gasteiger partial charge < -0.3 is 14.0 Å². The summed E-state index contributed by atoms with van der Waals surface area (Å²) in [5, 5.41) is 12.6. The van der Waals surface area contributed by atoms with Crippen LogP contribution in [0, 0.1) is 0 Å². The molecular formula is C60H39N3. The van der Waals surface area contributed by atoms with Crippen molar-refractivity contribution in [3.63, 3.8) is 0 Å². The quantitative estimate of drug-likeness (QED) is 0.153. The van der Waals surface area contributed by atoms with Crippen LogP contribution in [0.5, 0.6) is 0 Å². The van der Waals surface area contributed by atoms with E-state index >= 15 is 0 Å². The molecule has 11 aromatic carbocycles. The Labute approximate surface area is 364 Å². The van der Waals surface area contributed by atoms with Gasteiger partial charge in [0.1, 0.15) is 0 Å². The van der Waals surface area contributed by atoms with E-state index in [9.17, 15) is 0 Å². The summed E-state index contributed by atoms with van der Waals surface area (Å²) in [5.74, 6) is 0. The normalized spacial score (nSPS) is 11.8. The van der Waals surface area contributed by atoms with E-state index in [0.29, 0.717) is 0 Å². The van der Waals surface area contributed by atoms with Crippen LogP contribution in [0.1, 0.15) is 0 Å². The summed E-state index contributed by atoms with van der Waals surface area (Å²) in [6, 6.07) is 86.4. The summed E-state index contributed by atoms with van der Waals surface area (Å²) in [4.78, 5) is 2.31. The molecule has 0 bridgehead atoms. The first-order valence-corrected chi connectivity index (χ1v) is 21.7. The third-order valence-corrected chi connectivity index (χ3v) is 13.1. The smallest absolute Gasteiger partial charge is 0.0542 e. The highest BCUT2D eigenvalue weighted by Gasteiger charge is 2.19. The third kappa shape index (κ3) is 5.53. The van der Waals surface area contributed by atoms with Gasteiger partial charge in [0.25, 0.3) is 0 Å².